The van der Waals surface area contributed by atoms with E-state index in [-0.39, 0.29) is 6.10 Å². The molecule has 2 aliphatic heterocycles. The van der Waals surface area contributed by atoms with Crippen LogP contribution in [-0.4, -0.2) is 52.3 Å². The fraction of sp³-hybridized carbons (Fsp3) is 0.611. The van der Waals surface area contributed by atoms with Crippen LogP contribution in [0.1, 0.15) is 42.9 Å². The number of hydrogen-bond donors (Lipinski definition) is 3. The summed E-state index contributed by atoms with van der Waals surface area (Å²) in [7, 11) is 0. The van der Waals surface area contributed by atoms with Gasteiger partial charge in [0.2, 0.25) is 0 Å². The Balaban J connectivity index is 1.67. The number of nitrogens with one attached hydrogen (secondary N) is 2. The maximum Gasteiger partial charge on any atom is 0.137 e. The molecule has 2 aliphatic rings. The van der Waals surface area contributed by atoms with E-state index in [0.29, 0.717) is 5.92 Å². The number of rotatable bonds is 3. The zero-order valence-electron chi connectivity index (χ0n) is 13.6. The number of fused-ring (bicyclic) bond motifs is 1. The van der Waals surface area contributed by atoms with Crippen molar-refractivity contribution < 1.29 is 5.11 Å². The summed E-state index contributed by atoms with van der Waals surface area (Å²) in [6.45, 7) is 4.95. The number of nitrogens with zero attached hydrogens (tertiary/aromatic N) is 2. The highest BCUT2D eigenvalue weighted by Crippen LogP contribution is 2.32. The SMILES string of the molecule is O[C@H]1CCCN(Cc2c([C@H]3CCCNC3)[nH]c3ncccc23)C1. The monoisotopic (exact) mass is 314 g/mol. The number of aliphatic hydroxyl groups is 1. The average Bonchev–Trinajstić information content (AvgIpc) is 2.95. The Kier molecular flexibility index (Phi) is 4.33. The molecule has 2 aromatic heterocycles. The fourth-order valence-electron chi connectivity index (χ4n) is 4.11. The molecule has 5 heteroatoms. The molecule has 0 spiro atoms. The van der Waals surface area contributed by atoms with Crippen LogP contribution in [0.2, 0.25) is 0 Å². The van der Waals surface area contributed by atoms with Gasteiger partial charge in [-0.3, -0.25) is 4.90 Å². The van der Waals surface area contributed by atoms with Crippen molar-refractivity contribution in [2.24, 2.45) is 0 Å². The van der Waals surface area contributed by atoms with Crippen molar-refractivity contribution in [3.05, 3.63) is 29.6 Å². The van der Waals surface area contributed by atoms with Gasteiger partial charge in [0.05, 0.1) is 6.10 Å². The molecule has 5 nitrogen and oxygen atoms in total. The zero-order chi connectivity index (χ0) is 15.6. The first-order chi connectivity index (χ1) is 11.3. The Morgan fingerprint density at radius 3 is 3.09 bits per heavy atom. The number of aromatic nitrogens is 2. The van der Waals surface area contributed by atoms with Crippen LogP contribution < -0.4 is 5.32 Å². The highest BCUT2D eigenvalue weighted by Gasteiger charge is 2.25. The molecule has 124 valence electrons. The van der Waals surface area contributed by atoms with E-state index in [4.69, 9.17) is 0 Å². The third kappa shape index (κ3) is 3.13. The number of aromatic amines is 1. The molecule has 0 aliphatic carbocycles. The molecule has 4 heterocycles. The molecular formula is C18H26N4O. The third-order valence-electron chi connectivity index (χ3n) is 5.28. The lowest BCUT2D eigenvalue weighted by Gasteiger charge is -2.31. The maximum absolute atomic E-state index is 9.97. The Morgan fingerprint density at radius 1 is 1.30 bits per heavy atom. The number of aliphatic hydroxyl groups excluding tert-OH is 1. The van der Waals surface area contributed by atoms with Crippen molar-refractivity contribution in [3.8, 4) is 0 Å². The Bertz CT molecular complexity index is 662. The minimum atomic E-state index is -0.174. The summed E-state index contributed by atoms with van der Waals surface area (Å²) in [4.78, 5) is 10.5. The van der Waals surface area contributed by atoms with Gasteiger partial charge in [-0.2, -0.15) is 0 Å². The predicted molar refractivity (Wildman–Crippen MR) is 91.5 cm³/mol. The van der Waals surface area contributed by atoms with Crippen molar-refractivity contribution in [2.45, 2.75) is 44.2 Å². The topological polar surface area (TPSA) is 64.2 Å². The van der Waals surface area contributed by atoms with Gasteiger partial charge in [0.25, 0.3) is 0 Å². The van der Waals surface area contributed by atoms with Crippen LogP contribution in [0, 0.1) is 0 Å². The fourth-order valence-corrected chi connectivity index (χ4v) is 4.11. The van der Waals surface area contributed by atoms with Gasteiger partial charge in [0.1, 0.15) is 5.65 Å². The van der Waals surface area contributed by atoms with Crippen molar-refractivity contribution in [2.75, 3.05) is 26.2 Å². The first-order valence-corrected chi connectivity index (χ1v) is 8.88. The van der Waals surface area contributed by atoms with E-state index in [1.54, 1.807) is 0 Å². The van der Waals surface area contributed by atoms with Crippen LogP contribution in [-0.2, 0) is 6.54 Å². The first kappa shape index (κ1) is 15.1. The first-order valence-electron chi connectivity index (χ1n) is 8.88. The molecule has 23 heavy (non-hydrogen) atoms. The van der Waals surface area contributed by atoms with Crippen molar-refractivity contribution in [1.82, 2.24) is 20.2 Å². The van der Waals surface area contributed by atoms with E-state index < -0.39 is 0 Å². The lowest BCUT2D eigenvalue weighted by molar-refractivity contribution is 0.0668. The highest BCUT2D eigenvalue weighted by molar-refractivity contribution is 5.81. The van der Waals surface area contributed by atoms with E-state index in [0.717, 1.165) is 51.2 Å². The van der Waals surface area contributed by atoms with Gasteiger partial charge in [-0.15, -0.1) is 0 Å². The summed E-state index contributed by atoms with van der Waals surface area (Å²) in [5, 5.41) is 14.7. The molecule has 2 fully saturated rings. The number of pyridine rings is 1. The van der Waals surface area contributed by atoms with Gasteiger partial charge in [0.15, 0.2) is 0 Å². The molecular weight excluding hydrogens is 288 g/mol. The molecule has 0 saturated carbocycles. The van der Waals surface area contributed by atoms with Crippen LogP contribution in [0.4, 0.5) is 0 Å². The van der Waals surface area contributed by atoms with Gasteiger partial charge < -0.3 is 15.4 Å². The van der Waals surface area contributed by atoms with Crippen LogP contribution >= 0.6 is 0 Å². The Labute approximate surface area is 137 Å². The van der Waals surface area contributed by atoms with E-state index in [2.05, 4.69) is 26.3 Å². The van der Waals surface area contributed by atoms with Crippen molar-refractivity contribution in [1.29, 1.82) is 0 Å². The van der Waals surface area contributed by atoms with Gasteiger partial charge in [-0.25, -0.2) is 4.98 Å². The summed E-state index contributed by atoms with van der Waals surface area (Å²) in [6, 6.07) is 4.20. The second-order valence-corrected chi connectivity index (χ2v) is 6.99. The van der Waals surface area contributed by atoms with Gasteiger partial charge in [0, 0.05) is 42.8 Å². The summed E-state index contributed by atoms with van der Waals surface area (Å²) in [5.41, 5.74) is 3.74. The van der Waals surface area contributed by atoms with E-state index >= 15 is 0 Å². The number of piperidine rings is 2. The second-order valence-electron chi connectivity index (χ2n) is 6.99. The molecule has 2 atom stereocenters. The number of β-amino-alcohol motifs (C(OH)–C–C–N with tert-alkyl or cyclic N) is 1. The minimum Gasteiger partial charge on any atom is -0.392 e. The lowest BCUT2D eigenvalue weighted by Crippen LogP contribution is -2.38. The minimum absolute atomic E-state index is 0.174. The molecule has 0 amide bonds. The van der Waals surface area contributed by atoms with Crippen LogP contribution in [0.25, 0.3) is 11.0 Å². The molecule has 2 aromatic rings. The molecule has 0 bridgehead atoms. The predicted octanol–water partition coefficient (Wildman–Crippen LogP) is 1.99. The summed E-state index contributed by atoms with van der Waals surface area (Å²) < 4.78 is 0. The zero-order valence-corrected chi connectivity index (χ0v) is 13.6. The number of likely N-dealkylation sites (tertiary alicyclic amines) is 1. The quantitative estimate of drug-likeness (QED) is 0.811. The Hall–Kier alpha value is -1.43. The molecule has 0 unspecified atom stereocenters. The summed E-state index contributed by atoms with van der Waals surface area (Å²) in [5.74, 6) is 0.544. The van der Waals surface area contributed by atoms with E-state index in [1.807, 2.05) is 12.3 Å². The molecule has 0 aromatic carbocycles. The molecule has 4 rings (SSSR count). The van der Waals surface area contributed by atoms with Gasteiger partial charge in [-0.1, -0.05) is 0 Å². The van der Waals surface area contributed by atoms with E-state index in [1.165, 1.54) is 29.5 Å². The summed E-state index contributed by atoms with van der Waals surface area (Å²) in [6.07, 6.45) is 6.17. The summed E-state index contributed by atoms with van der Waals surface area (Å²) >= 11 is 0. The third-order valence-corrected chi connectivity index (χ3v) is 5.28. The highest BCUT2D eigenvalue weighted by atomic mass is 16.3. The van der Waals surface area contributed by atoms with Gasteiger partial charge in [-0.05, 0) is 56.5 Å². The van der Waals surface area contributed by atoms with Crippen LogP contribution in [0.5, 0.6) is 0 Å². The van der Waals surface area contributed by atoms with E-state index in [9.17, 15) is 5.11 Å². The normalized spacial score (nSPS) is 26.7. The molecule has 2 saturated heterocycles. The van der Waals surface area contributed by atoms with Crippen molar-refractivity contribution >= 4 is 11.0 Å². The number of hydrogen-bond acceptors (Lipinski definition) is 4. The maximum atomic E-state index is 9.97. The second kappa shape index (κ2) is 6.59. The average molecular weight is 314 g/mol. The van der Waals surface area contributed by atoms with Crippen LogP contribution in [0.15, 0.2) is 18.3 Å². The molecule has 3 N–H and O–H groups in total. The smallest absolute Gasteiger partial charge is 0.137 e. The van der Waals surface area contributed by atoms with Crippen molar-refractivity contribution in [3.63, 3.8) is 0 Å². The van der Waals surface area contributed by atoms with Gasteiger partial charge >= 0.3 is 0 Å². The molecule has 0 radical (unpaired) electrons. The lowest BCUT2D eigenvalue weighted by atomic mass is 9.92. The number of H-pyrrole nitrogens is 1. The van der Waals surface area contributed by atoms with Crippen LogP contribution in [0.3, 0.4) is 0 Å². The largest absolute Gasteiger partial charge is 0.392 e. The Morgan fingerprint density at radius 2 is 2.26 bits per heavy atom. The standard InChI is InChI=1S/C18H26N4O/c23-14-5-3-9-22(11-14)12-16-15-6-2-8-20-18(15)21-17(16)13-4-1-7-19-10-13/h2,6,8,13-14,19,23H,1,3-5,7,9-12H2,(H,20,21)/t13-,14-/m0/s1.